The van der Waals surface area contributed by atoms with Crippen LogP contribution in [0.3, 0.4) is 0 Å². The molecule has 1 heterocycles. The van der Waals surface area contributed by atoms with Crippen molar-refractivity contribution in [2.75, 3.05) is 31.6 Å². The molecule has 2 rings (SSSR count). The number of likely N-dealkylation sites (tertiary alicyclic amines) is 1. The summed E-state index contributed by atoms with van der Waals surface area (Å²) in [6, 6.07) is 15.5. The number of rotatable bonds is 6. The topological polar surface area (TPSA) is 54.1 Å². The molecule has 1 saturated heterocycles. The highest BCUT2D eigenvalue weighted by atomic mass is 15.2. The van der Waals surface area contributed by atoms with Gasteiger partial charge in [0.1, 0.15) is 0 Å². The van der Waals surface area contributed by atoms with Gasteiger partial charge in [-0.2, -0.15) is 10.5 Å². The summed E-state index contributed by atoms with van der Waals surface area (Å²) in [5, 5.41) is 17.8. The fourth-order valence-corrected chi connectivity index (χ4v) is 3.11. The van der Waals surface area contributed by atoms with Gasteiger partial charge in [-0.15, -0.1) is 0 Å². The van der Waals surface area contributed by atoms with E-state index < -0.39 is 0 Å². The van der Waals surface area contributed by atoms with Crippen LogP contribution in [0.5, 0.6) is 0 Å². The molecule has 1 aromatic carbocycles. The summed E-state index contributed by atoms with van der Waals surface area (Å²) in [7, 11) is 2.17. The summed E-state index contributed by atoms with van der Waals surface area (Å²) in [6.07, 6.45) is 3.42. The van der Waals surface area contributed by atoms with Crippen molar-refractivity contribution in [3.63, 3.8) is 0 Å². The lowest BCUT2D eigenvalue weighted by Gasteiger charge is -2.38. The van der Waals surface area contributed by atoms with Gasteiger partial charge in [0, 0.05) is 44.8 Å². The largest absolute Gasteiger partial charge is 0.372 e. The minimum absolute atomic E-state index is 0.0111. The fourth-order valence-electron chi connectivity index (χ4n) is 3.11. The summed E-state index contributed by atoms with van der Waals surface area (Å²) in [6.45, 7) is 2.87. The molecule has 116 valence electrons. The van der Waals surface area contributed by atoms with Gasteiger partial charge in [-0.05, 0) is 31.4 Å². The van der Waals surface area contributed by atoms with E-state index in [1.807, 2.05) is 6.07 Å². The molecule has 1 aliphatic rings. The Hall–Kier alpha value is -2.04. The number of piperidine rings is 1. The summed E-state index contributed by atoms with van der Waals surface area (Å²) in [5.74, 6) is -0.0111. The Kier molecular flexibility index (Phi) is 6.25. The summed E-state index contributed by atoms with van der Waals surface area (Å²) < 4.78 is 0. The molecule has 4 nitrogen and oxygen atoms in total. The van der Waals surface area contributed by atoms with Crippen molar-refractivity contribution in [1.82, 2.24) is 4.90 Å². The maximum absolute atomic E-state index is 9.18. The van der Waals surface area contributed by atoms with Crippen molar-refractivity contribution >= 4 is 5.69 Å². The van der Waals surface area contributed by atoms with Crippen LogP contribution in [0.25, 0.3) is 0 Å². The first-order chi connectivity index (χ1) is 10.7. The molecular formula is C18H24N4. The molecule has 22 heavy (non-hydrogen) atoms. The molecule has 1 aliphatic heterocycles. The number of nitrogens with zero attached hydrogens (tertiary/aromatic N) is 4. The number of hydrogen-bond acceptors (Lipinski definition) is 4. The second kappa shape index (κ2) is 8.41. The molecule has 0 aromatic heterocycles. The van der Waals surface area contributed by atoms with E-state index in [-0.39, 0.29) is 5.92 Å². The molecule has 0 saturated carbocycles. The molecule has 1 unspecified atom stereocenters. The quantitative estimate of drug-likeness (QED) is 0.809. The number of benzene rings is 1. The highest BCUT2D eigenvalue weighted by Crippen LogP contribution is 2.22. The van der Waals surface area contributed by atoms with Gasteiger partial charge in [0.15, 0.2) is 0 Å². The van der Waals surface area contributed by atoms with E-state index in [4.69, 9.17) is 5.26 Å². The highest BCUT2D eigenvalue weighted by Gasteiger charge is 2.24. The first kappa shape index (κ1) is 16.3. The normalized spacial score (nSPS) is 17.4. The van der Waals surface area contributed by atoms with Crippen LogP contribution >= 0.6 is 0 Å². The van der Waals surface area contributed by atoms with Crippen LogP contribution in [0.15, 0.2) is 30.3 Å². The van der Waals surface area contributed by atoms with Crippen LogP contribution in [-0.4, -0.2) is 37.6 Å². The third-order valence-electron chi connectivity index (χ3n) is 4.53. The van der Waals surface area contributed by atoms with Crippen molar-refractivity contribution < 1.29 is 0 Å². The highest BCUT2D eigenvalue weighted by molar-refractivity contribution is 5.46. The summed E-state index contributed by atoms with van der Waals surface area (Å²) in [5.41, 5.74) is 1.27. The molecule has 0 bridgehead atoms. The van der Waals surface area contributed by atoms with E-state index in [2.05, 4.69) is 53.3 Å². The van der Waals surface area contributed by atoms with Crippen molar-refractivity contribution in [3.8, 4) is 12.1 Å². The fraction of sp³-hybridized carbons (Fsp3) is 0.556. The molecule has 0 radical (unpaired) electrons. The van der Waals surface area contributed by atoms with E-state index in [1.54, 1.807) is 0 Å². The third-order valence-corrected chi connectivity index (χ3v) is 4.53. The Labute approximate surface area is 133 Å². The molecule has 4 heteroatoms. The minimum atomic E-state index is -0.0111. The zero-order valence-corrected chi connectivity index (χ0v) is 13.3. The zero-order valence-electron chi connectivity index (χ0n) is 13.3. The smallest absolute Gasteiger partial charge is 0.0669 e. The molecular weight excluding hydrogens is 272 g/mol. The molecule has 1 aromatic rings. The first-order valence-electron chi connectivity index (χ1n) is 8.01. The predicted molar refractivity (Wildman–Crippen MR) is 88.3 cm³/mol. The van der Waals surface area contributed by atoms with Gasteiger partial charge in [-0.3, -0.25) is 0 Å². The molecule has 0 aliphatic carbocycles. The Balaban J connectivity index is 1.80. The lowest BCUT2D eigenvalue weighted by Crippen LogP contribution is -2.44. The summed E-state index contributed by atoms with van der Waals surface area (Å²) >= 11 is 0. The van der Waals surface area contributed by atoms with E-state index >= 15 is 0 Å². The molecule has 0 amide bonds. The standard InChI is InChI=1S/C18H24N4/c1-21(17-7-3-2-4-8-17)18-9-12-22(13-10-18)15-16(14-20)6-5-11-19/h2-4,7-8,16,18H,5-6,9-10,12-13,15H2,1H3. The lowest BCUT2D eigenvalue weighted by atomic mass is 9.99. The van der Waals surface area contributed by atoms with Gasteiger partial charge in [0.2, 0.25) is 0 Å². The van der Waals surface area contributed by atoms with Gasteiger partial charge in [0.05, 0.1) is 18.1 Å². The number of para-hydroxylation sites is 1. The second-order valence-electron chi connectivity index (χ2n) is 6.00. The van der Waals surface area contributed by atoms with Gasteiger partial charge in [0.25, 0.3) is 0 Å². The van der Waals surface area contributed by atoms with E-state index in [1.165, 1.54) is 5.69 Å². The number of hydrogen-bond donors (Lipinski definition) is 0. The Morgan fingerprint density at radius 3 is 2.50 bits per heavy atom. The maximum atomic E-state index is 9.18. The van der Waals surface area contributed by atoms with Crippen LogP contribution in [0, 0.1) is 28.6 Å². The minimum Gasteiger partial charge on any atom is -0.372 e. The van der Waals surface area contributed by atoms with Crippen molar-refractivity contribution in [1.29, 1.82) is 10.5 Å². The number of nitriles is 2. The Bertz CT molecular complexity index is 520. The third kappa shape index (κ3) is 4.48. The summed E-state index contributed by atoms with van der Waals surface area (Å²) in [4.78, 5) is 4.75. The van der Waals surface area contributed by atoms with E-state index in [9.17, 15) is 5.26 Å². The van der Waals surface area contributed by atoms with Gasteiger partial charge >= 0.3 is 0 Å². The van der Waals surface area contributed by atoms with Crippen LogP contribution in [0.2, 0.25) is 0 Å². The van der Waals surface area contributed by atoms with E-state index in [0.29, 0.717) is 18.9 Å². The Morgan fingerprint density at radius 2 is 1.91 bits per heavy atom. The average molecular weight is 296 g/mol. The van der Waals surface area contributed by atoms with Crippen molar-refractivity contribution in [3.05, 3.63) is 30.3 Å². The SMILES string of the molecule is CN(c1ccccc1)C1CCN(CC(C#N)CCC#N)CC1. The molecule has 0 spiro atoms. The predicted octanol–water partition coefficient (Wildman–Crippen LogP) is 3.03. The van der Waals surface area contributed by atoms with Crippen molar-refractivity contribution in [2.45, 2.75) is 31.7 Å². The van der Waals surface area contributed by atoms with Gasteiger partial charge in [-0.1, -0.05) is 18.2 Å². The molecule has 1 atom stereocenters. The van der Waals surface area contributed by atoms with Gasteiger partial charge in [-0.25, -0.2) is 0 Å². The van der Waals surface area contributed by atoms with Crippen LogP contribution in [0.1, 0.15) is 25.7 Å². The van der Waals surface area contributed by atoms with Crippen molar-refractivity contribution in [2.24, 2.45) is 5.92 Å². The average Bonchev–Trinajstić information content (AvgIpc) is 2.59. The van der Waals surface area contributed by atoms with Crippen LogP contribution in [0.4, 0.5) is 5.69 Å². The van der Waals surface area contributed by atoms with E-state index in [0.717, 1.165) is 32.5 Å². The molecule has 1 fully saturated rings. The maximum Gasteiger partial charge on any atom is 0.0669 e. The monoisotopic (exact) mass is 296 g/mol. The lowest BCUT2D eigenvalue weighted by molar-refractivity contribution is 0.192. The zero-order chi connectivity index (χ0) is 15.8. The second-order valence-corrected chi connectivity index (χ2v) is 6.00. The van der Waals surface area contributed by atoms with Gasteiger partial charge < -0.3 is 9.80 Å². The molecule has 0 N–H and O–H groups in total. The Morgan fingerprint density at radius 1 is 1.23 bits per heavy atom. The first-order valence-corrected chi connectivity index (χ1v) is 8.01. The van der Waals surface area contributed by atoms with Crippen LogP contribution < -0.4 is 4.90 Å². The van der Waals surface area contributed by atoms with Crippen LogP contribution in [-0.2, 0) is 0 Å². The number of anilines is 1.